The van der Waals surface area contributed by atoms with Crippen LogP contribution in [0.5, 0.6) is 5.75 Å². The van der Waals surface area contributed by atoms with Crippen molar-refractivity contribution in [3.63, 3.8) is 0 Å². The molecular weight excluding hydrogens is 185 g/mol. The molecule has 0 unspecified atom stereocenters. The summed E-state index contributed by atoms with van der Waals surface area (Å²) in [6.07, 6.45) is 0. The maximum atomic E-state index is 10.2. The smallest absolute Gasteiger partial charge is 0.545 e. The Hall–Kier alpha value is -0.0736. The largest absolute Gasteiger partial charge is 1.00 e. The zero-order chi connectivity index (χ0) is 8.43. The third kappa shape index (κ3) is 2.76. The van der Waals surface area contributed by atoms with Gasteiger partial charge in [-0.15, -0.1) is 0 Å². The van der Waals surface area contributed by atoms with Crippen LogP contribution in [0.25, 0.3) is 0 Å². The number of rotatable bonds is 1. The van der Waals surface area contributed by atoms with E-state index >= 15 is 0 Å². The normalized spacial score (nSPS) is 8.67. The molecule has 1 aromatic rings. The van der Waals surface area contributed by atoms with Crippen LogP contribution < -0.4 is 62.2 Å². The van der Waals surface area contributed by atoms with Crippen molar-refractivity contribution in [2.45, 2.75) is 0 Å². The molecule has 1 aromatic carbocycles. The van der Waals surface area contributed by atoms with Gasteiger partial charge in [-0.3, -0.25) is 0 Å². The van der Waals surface area contributed by atoms with E-state index in [0.717, 1.165) is 6.07 Å². The predicted molar refractivity (Wildman–Crippen MR) is 36.8 cm³/mol. The molecule has 1 rings (SSSR count). The molecule has 0 fully saturated rings. The zero-order valence-corrected chi connectivity index (χ0v) is 9.70. The summed E-state index contributed by atoms with van der Waals surface area (Å²) in [5.41, 5.74) is 5.29. The Bertz CT molecular complexity index is 301. The maximum Gasteiger partial charge on any atom is 1.00 e. The summed E-state index contributed by atoms with van der Waals surface area (Å²) in [6.45, 7) is 0. The topological polar surface area (TPSA) is 86.4 Å². The van der Waals surface area contributed by atoms with Gasteiger partial charge < -0.3 is 20.7 Å². The molecule has 5 heteroatoms. The molecule has 0 bridgehead atoms. The fourth-order valence-corrected chi connectivity index (χ4v) is 0.671. The molecule has 0 amide bonds. The first-order valence-corrected chi connectivity index (χ1v) is 2.91. The zero-order valence-electron chi connectivity index (χ0n) is 6.57. The van der Waals surface area contributed by atoms with Gasteiger partial charge in [0.05, 0.1) is 11.7 Å². The molecule has 0 heterocycles. The number of hydrogen-bond acceptors (Lipinski definition) is 4. The van der Waals surface area contributed by atoms with Crippen LogP contribution in [-0.2, 0) is 0 Å². The van der Waals surface area contributed by atoms with Gasteiger partial charge in [0.25, 0.3) is 0 Å². The van der Waals surface area contributed by atoms with Crippen LogP contribution in [0, 0.1) is 0 Å². The average molecular weight is 191 g/mol. The van der Waals surface area contributed by atoms with Gasteiger partial charge in [0.2, 0.25) is 0 Å². The molecule has 0 aromatic heterocycles. The monoisotopic (exact) mass is 191 g/mol. The Morgan fingerprint density at radius 2 is 2.08 bits per heavy atom. The van der Waals surface area contributed by atoms with E-state index in [1.54, 1.807) is 0 Å². The Labute approximate surface area is 112 Å². The van der Waals surface area contributed by atoms with Crippen LogP contribution in [0.3, 0.4) is 0 Å². The first kappa shape index (κ1) is 11.9. The minimum atomic E-state index is -1.33. The summed E-state index contributed by atoms with van der Waals surface area (Å²) >= 11 is 0. The van der Waals surface area contributed by atoms with Crippen LogP contribution in [0.2, 0.25) is 0 Å². The van der Waals surface area contributed by atoms with Crippen molar-refractivity contribution in [2.24, 2.45) is 0 Å². The van der Waals surface area contributed by atoms with E-state index < -0.39 is 5.97 Å². The molecule has 0 radical (unpaired) electrons. The van der Waals surface area contributed by atoms with Gasteiger partial charge in [-0.05, 0) is 12.1 Å². The number of aromatic hydroxyl groups is 1. The fraction of sp³-hybridized carbons (Fsp3) is 0. The number of carboxylic acids is 1. The van der Waals surface area contributed by atoms with E-state index in [0.29, 0.717) is 0 Å². The Kier molecular flexibility index (Phi) is 4.80. The molecule has 0 aliphatic heterocycles. The summed E-state index contributed by atoms with van der Waals surface area (Å²) in [5, 5.41) is 19.1. The van der Waals surface area contributed by atoms with Crippen molar-refractivity contribution >= 4 is 11.7 Å². The fourth-order valence-electron chi connectivity index (χ4n) is 0.671. The van der Waals surface area contributed by atoms with Gasteiger partial charge in [0.1, 0.15) is 5.75 Å². The molecule has 0 aliphatic carbocycles. The SMILES string of the molecule is Nc1ccc(C(=O)[O-])cc1O.[K+]. The van der Waals surface area contributed by atoms with Crippen molar-refractivity contribution in [3.05, 3.63) is 23.8 Å². The van der Waals surface area contributed by atoms with Crippen molar-refractivity contribution in [3.8, 4) is 5.75 Å². The minimum Gasteiger partial charge on any atom is -0.545 e. The second-order valence-electron chi connectivity index (χ2n) is 2.06. The Morgan fingerprint density at radius 3 is 2.50 bits per heavy atom. The van der Waals surface area contributed by atoms with E-state index in [9.17, 15) is 9.90 Å². The van der Waals surface area contributed by atoms with Crippen LogP contribution in [-0.4, -0.2) is 11.1 Å². The minimum absolute atomic E-state index is 0. The van der Waals surface area contributed by atoms with Crippen molar-refractivity contribution < 1.29 is 66.4 Å². The predicted octanol–water partition coefficient (Wildman–Crippen LogP) is -3.66. The molecule has 58 valence electrons. The van der Waals surface area contributed by atoms with Gasteiger partial charge in [-0.2, -0.15) is 0 Å². The van der Waals surface area contributed by atoms with Gasteiger partial charge in [0, 0.05) is 5.56 Å². The molecule has 0 aliphatic rings. The quantitative estimate of drug-likeness (QED) is 0.272. The van der Waals surface area contributed by atoms with Crippen LogP contribution in [0.4, 0.5) is 5.69 Å². The van der Waals surface area contributed by atoms with Crippen LogP contribution in [0.1, 0.15) is 10.4 Å². The van der Waals surface area contributed by atoms with Crippen molar-refractivity contribution in [2.75, 3.05) is 5.73 Å². The third-order valence-corrected chi connectivity index (χ3v) is 1.27. The van der Waals surface area contributed by atoms with E-state index in [-0.39, 0.29) is 68.4 Å². The van der Waals surface area contributed by atoms with Crippen molar-refractivity contribution in [1.29, 1.82) is 0 Å². The van der Waals surface area contributed by atoms with Crippen molar-refractivity contribution in [1.82, 2.24) is 0 Å². The second-order valence-corrected chi connectivity index (χ2v) is 2.06. The number of carbonyl (C=O) groups is 1. The molecule has 3 N–H and O–H groups in total. The van der Waals surface area contributed by atoms with Crippen LogP contribution >= 0.6 is 0 Å². The molecule has 12 heavy (non-hydrogen) atoms. The summed E-state index contributed by atoms with van der Waals surface area (Å²) in [5.74, 6) is -1.58. The average Bonchev–Trinajstić information content (AvgIpc) is 1.94. The first-order chi connectivity index (χ1) is 5.11. The summed E-state index contributed by atoms with van der Waals surface area (Å²) in [6, 6.07) is 3.62. The molecule has 0 atom stereocenters. The summed E-state index contributed by atoms with van der Waals surface area (Å²) < 4.78 is 0. The molecule has 4 nitrogen and oxygen atoms in total. The number of aromatic carboxylic acids is 1. The number of phenols is 1. The molecular formula is C7H6KNO3. The standard InChI is InChI=1S/C7H7NO3.K/c8-5-2-1-4(7(10)11)3-6(5)9;/h1-3,9H,8H2,(H,10,11);/q;+1/p-1. The Balaban J connectivity index is 0.00000121. The van der Waals surface area contributed by atoms with E-state index in [4.69, 9.17) is 10.8 Å². The van der Waals surface area contributed by atoms with Gasteiger partial charge >= 0.3 is 51.4 Å². The van der Waals surface area contributed by atoms with E-state index in [2.05, 4.69) is 0 Å². The number of nitrogen functional groups attached to an aromatic ring is 1. The number of anilines is 1. The Morgan fingerprint density at radius 1 is 1.50 bits per heavy atom. The number of carboxylic acid groups (broad SMARTS) is 1. The van der Waals surface area contributed by atoms with E-state index in [1.165, 1.54) is 12.1 Å². The molecule has 0 saturated heterocycles. The number of nitrogens with two attached hydrogens (primary N) is 1. The van der Waals surface area contributed by atoms with Gasteiger partial charge in [-0.1, -0.05) is 6.07 Å². The van der Waals surface area contributed by atoms with Crippen LogP contribution in [0.15, 0.2) is 18.2 Å². The van der Waals surface area contributed by atoms with Gasteiger partial charge in [0.15, 0.2) is 0 Å². The first-order valence-electron chi connectivity index (χ1n) is 2.91. The maximum absolute atomic E-state index is 10.2. The third-order valence-electron chi connectivity index (χ3n) is 1.27. The van der Waals surface area contributed by atoms with Gasteiger partial charge in [-0.25, -0.2) is 0 Å². The summed E-state index contributed by atoms with van der Waals surface area (Å²) in [4.78, 5) is 10.2. The summed E-state index contributed by atoms with van der Waals surface area (Å²) in [7, 11) is 0. The number of benzene rings is 1. The molecule has 0 saturated carbocycles. The second kappa shape index (κ2) is 4.83. The van der Waals surface area contributed by atoms with E-state index in [1.807, 2.05) is 0 Å². The number of hydrogen-bond donors (Lipinski definition) is 2. The molecule has 0 spiro atoms. The number of carbonyl (C=O) groups excluding carboxylic acids is 1. The number of phenolic OH excluding ortho intramolecular Hbond substituents is 1.